The van der Waals surface area contributed by atoms with E-state index >= 15 is 0 Å². The van der Waals surface area contributed by atoms with Gasteiger partial charge in [-0.15, -0.1) is 0 Å². The second kappa shape index (κ2) is 10.3. The second-order valence-electron chi connectivity index (χ2n) is 7.69. The molecule has 2 N–H and O–H groups in total. The highest BCUT2D eigenvalue weighted by molar-refractivity contribution is 5.95. The van der Waals surface area contributed by atoms with E-state index < -0.39 is 17.8 Å². The monoisotopic (exact) mass is 420 g/mol. The molecule has 0 aliphatic carbocycles. The van der Waals surface area contributed by atoms with Gasteiger partial charge < -0.3 is 10.6 Å². The number of benzene rings is 2. The molecule has 0 aliphatic heterocycles. The van der Waals surface area contributed by atoms with Gasteiger partial charge in [0.05, 0.1) is 11.6 Å². The fourth-order valence-corrected chi connectivity index (χ4v) is 3.16. The third-order valence-corrected chi connectivity index (χ3v) is 4.69. The summed E-state index contributed by atoms with van der Waals surface area (Å²) < 4.78 is 39.1. The highest BCUT2D eigenvalue weighted by Crippen LogP contribution is 2.32. The van der Waals surface area contributed by atoms with E-state index in [1.165, 1.54) is 6.07 Å². The summed E-state index contributed by atoms with van der Waals surface area (Å²) in [5, 5.41) is 5.52. The molecule has 7 heteroatoms. The van der Waals surface area contributed by atoms with E-state index in [9.17, 15) is 22.8 Å². The van der Waals surface area contributed by atoms with Crippen molar-refractivity contribution in [2.24, 2.45) is 5.92 Å². The molecule has 4 nitrogen and oxygen atoms in total. The molecular weight excluding hydrogens is 393 g/mol. The van der Waals surface area contributed by atoms with Crippen LogP contribution in [-0.4, -0.2) is 18.4 Å². The van der Waals surface area contributed by atoms with Crippen LogP contribution in [0, 0.1) is 12.8 Å². The molecule has 1 unspecified atom stereocenters. The number of alkyl halides is 3. The maximum absolute atomic E-state index is 13.0. The van der Waals surface area contributed by atoms with Crippen LogP contribution in [0.3, 0.4) is 0 Å². The lowest BCUT2D eigenvalue weighted by Crippen LogP contribution is -2.33. The van der Waals surface area contributed by atoms with E-state index in [4.69, 9.17) is 0 Å². The standard InChI is InChI=1S/C23H27F3N2O2/c1-15(2)13-20(17-8-6-9-18(14-17)23(24,25)26)28-21(29)11-12-27-22(30)19-10-5-4-7-16(19)3/h4-10,14-15,20H,11-13H2,1-3H3,(H,27,30)(H,28,29). The van der Waals surface area contributed by atoms with Gasteiger partial charge in [0, 0.05) is 18.5 Å². The molecule has 0 radical (unpaired) electrons. The number of hydrogen-bond acceptors (Lipinski definition) is 2. The van der Waals surface area contributed by atoms with Crippen LogP contribution in [0.1, 0.15) is 59.8 Å². The van der Waals surface area contributed by atoms with Crippen LogP contribution in [-0.2, 0) is 11.0 Å². The number of carbonyl (C=O) groups excluding carboxylic acids is 2. The predicted molar refractivity (Wildman–Crippen MR) is 110 cm³/mol. The Morgan fingerprint density at radius 3 is 2.37 bits per heavy atom. The minimum atomic E-state index is -4.44. The van der Waals surface area contributed by atoms with Crippen LogP contribution in [0.4, 0.5) is 13.2 Å². The summed E-state index contributed by atoms with van der Waals surface area (Å²) in [6.07, 6.45) is -3.91. The summed E-state index contributed by atoms with van der Waals surface area (Å²) in [6, 6.07) is 11.6. The zero-order valence-corrected chi connectivity index (χ0v) is 17.3. The lowest BCUT2D eigenvalue weighted by molar-refractivity contribution is -0.137. The maximum Gasteiger partial charge on any atom is 0.416 e. The van der Waals surface area contributed by atoms with E-state index in [1.54, 1.807) is 18.2 Å². The Balaban J connectivity index is 1.99. The largest absolute Gasteiger partial charge is 0.416 e. The van der Waals surface area contributed by atoms with Gasteiger partial charge in [0.15, 0.2) is 0 Å². The van der Waals surface area contributed by atoms with Crippen LogP contribution in [0.2, 0.25) is 0 Å². The number of hydrogen-bond donors (Lipinski definition) is 2. The average molecular weight is 420 g/mol. The number of aryl methyl sites for hydroxylation is 1. The van der Waals surface area contributed by atoms with Crippen LogP contribution in [0.25, 0.3) is 0 Å². The normalized spacial score (nSPS) is 12.5. The fraction of sp³-hybridized carbons (Fsp3) is 0.391. The van der Waals surface area contributed by atoms with E-state index in [1.807, 2.05) is 32.9 Å². The van der Waals surface area contributed by atoms with Crippen molar-refractivity contribution < 1.29 is 22.8 Å². The zero-order valence-electron chi connectivity index (χ0n) is 17.3. The van der Waals surface area contributed by atoms with Crippen molar-refractivity contribution in [1.29, 1.82) is 0 Å². The Morgan fingerprint density at radius 1 is 1.03 bits per heavy atom. The number of nitrogens with one attached hydrogen (secondary N) is 2. The van der Waals surface area contributed by atoms with Gasteiger partial charge in [-0.2, -0.15) is 13.2 Å². The number of amides is 2. The third kappa shape index (κ3) is 6.90. The number of halogens is 3. The molecule has 2 amide bonds. The molecule has 0 saturated heterocycles. The number of carbonyl (C=O) groups is 2. The van der Waals surface area contributed by atoms with Crippen molar-refractivity contribution in [2.75, 3.05) is 6.54 Å². The van der Waals surface area contributed by atoms with Crippen LogP contribution < -0.4 is 10.6 Å². The van der Waals surface area contributed by atoms with Gasteiger partial charge in [0.2, 0.25) is 5.91 Å². The van der Waals surface area contributed by atoms with Gasteiger partial charge in [-0.25, -0.2) is 0 Å². The molecule has 2 rings (SSSR count). The molecule has 0 aromatic heterocycles. The Labute approximate surface area is 174 Å². The Hall–Kier alpha value is -2.83. The van der Waals surface area contributed by atoms with E-state index in [0.29, 0.717) is 17.5 Å². The van der Waals surface area contributed by atoms with Crippen molar-refractivity contribution in [1.82, 2.24) is 10.6 Å². The lowest BCUT2D eigenvalue weighted by Gasteiger charge is -2.22. The molecule has 0 spiro atoms. The summed E-state index contributed by atoms with van der Waals surface area (Å²) in [4.78, 5) is 24.6. The summed E-state index contributed by atoms with van der Waals surface area (Å²) in [5.41, 5.74) is 1.05. The Bertz CT molecular complexity index is 879. The molecule has 162 valence electrons. The molecule has 2 aromatic carbocycles. The first-order valence-corrected chi connectivity index (χ1v) is 9.88. The molecule has 0 saturated carbocycles. The molecular formula is C23H27F3N2O2. The first-order chi connectivity index (χ1) is 14.1. The summed E-state index contributed by atoms with van der Waals surface area (Å²) >= 11 is 0. The van der Waals surface area contributed by atoms with Crippen molar-refractivity contribution in [3.05, 3.63) is 70.8 Å². The van der Waals surface area contributed by atoms with Crippen molar-refractivity contribution in [3.8, 4) is 0 Å². The molecule has 2 aromatic rings. The minimum Gasteiger partial charge on any atom is -0.352 e. The Kier molecular flexibility index (Phi) is 8.03. The first-order valence-electron chi connectivity index (χ1n) is 9.88. The van der Waals surface area contributed by atoms with Gasteiger partial charge in [-0.1, -0.05) is 44.2 Å². The summed E-state index contributed by atoms with van der Waals surface area (Å²) in [6.45, 7) is 5.84. The van der Waals surface area contributed by atoms with E-state index in [2.05, 4.69) is 10.6 Å². The van der Waals surface area contributed by atoms with Crippen molar-refractivity contribution in [3.63, 3.8) is 0 Å². The van der Waals surface area contributed by atoms with Gasteiger partial charge in [0.1, 0.15) is 0 Å². The molecule has 0 aliphatic rings. The van der Waals surface area contributed by atoms with E-state index in [-0.39, 0.29) is 30.7 Å². The van der Waals surface area contributed by atoms with Crippen molar-refractivity contribution in [2.45, 2.75) is 45.8 Å². The van der Waals surface area contributed by atoms with Gasteiger partial charge in [-0.3, -0.25) is 9.59 Å². The smallest absolute Gasteiger partial charge is 0.352 e. The predicted octanol–water partition coefficient (Wildman–Crippen LogP) is 5.04. The highest BCUT2D eigenvalue weighted by Gasteiger charge is 2.31. The van der Waals surface area contributed by atoms with E-state index in [0.717, 1.165) is 17.7 Å². The molecule has 0 fully saturated rings. The Morgan fingerprint density at radius 2 is 1.73 bits per heavy atom. The van der Waals surface area contributed by atoms with Gasteiger partial charge >= 0.3 is 6.18 Å². The lowest BCUT2D eigenvalue weighted by atomic mass is 9.95. The number of rotatable bonds is 8. The minimum absolute atomic E-state index is 0.0329. The fourth-order valence-electron chi connectivity index (χ4n) is 3.16. The molecule has 1 atom stereocenters. The van der Waals surface area contributed by atoms with Gasteiger partial charge in [-0.05, 0) is 48.6 Å². The van der Waals surface area contributed by atoms with Crippen LogP contribution >= 0.6 is 0 Å². The first kappa shape index (κ1) is 23.4. The maximum atomic E-state index is 13.0. The third-order valence-electron chi connectivity index (χ3n) is 4.69. The van der Waals surface area contributed by atoms with Gasteiger partial charge in [0.25, 0.3) is 5.91 Å². The molecule has 30 heavy (non-hydrogen) atoms. The zero-order chi connectivity index (χ0) is 22.3. The second-order valence-corrected chi connectivity index (χ2v) is 7.69. The molecule has 0 bridgehead atoms. The average Bonchev–Trinajstić information content (AvgIpc) is 2.67. The topological polar surface area (TPSA) is 58.2 Å². The summed E-state index contributed by atoms with van der Waals surface area (Å²) in [5.74, 6) is -0.425. The quantitative estimate of drug-likeness (QED) is 0.629. The van der Waals surface area contributed by atoms with Crippen LogP contribution in [0.5, 0.6) is 0 Å². The van der Waals surface area contributed by atoms with Crippen LogP contribution in [0.15, 0.2) is 48.5 Å². The van der Waals surface area contributed by atoms with Crippen molar-refractivity contribution >= 4 is 11.8 Å². The summed E-state index contributed by atoms with van der Waals surface area (Å²) in [7, 11) is 0. The molecule has 0 heterocycles. The highest BCUT2D eigenvalue weighted by atomic mass is 19.4. The SMILES string of the molecule is Cc1ccccc1C(=O)NCCC(=O)NC(CC(C)C)c1cccc(C(F)(F)F)c1.